The van der Waals surface area contributed by atoms with Gasteiger partial charge in [-0.25, -0.2) is 9.13 Å². The number of nitrogens with zero attached hydrogens (tertiary/aromatic N) is 2. The lowest BCUT2D eigenvalue weighted by Gasteiger charge is -2.06. The minimum atomic E-state index is 1.18. The molecule has 0 saturated heterocycles. The van der Waals surface area contributed by atoms with E-state index >= 15 is 0 Å². The van der Waals surface area contributed by atoms with Crippen LogP contribution in [0.3, 0.4) is 0 Å². The van der Waals surface area contributed by atoms with Crippen molar-refractivity contribution in [3.05, 3.63) is 18.2 Å². The molecule has 0 radical (unpaired) electrons. The Morgan fingerprint density at radius 1 is 0.415 bits per heavy atom. The summed E-state index contributed by atoms with van der Waals surface area (Å²) < 4.78 is 5.15. The number of unbranched alkanes of at least 4 members (excludes halogenated alkanes) is 27. The van der Waals surface area contributed by atoms with Crippen molar-refractivity contribution in [2.45, 2.75) is 233 Å². The van der Waals surface area contributed by atoms with E-state index in [2.05, 4.69) is 42.3 Å². The zero-order chi connectivity index (χ0) is 29.5. The van der Waals surface area contributed by atoms with Gasteiger partial charge < -0.3 is 0 Å². The van der Waals surface area contributed by atoms with Crippen molar-refractivity contribution in [1.29, 1.82) is 0 Å². The number of hydrogen-bond acceptors (Lipinski definition) is 0. The Bertz CT molecular complexity index is 634. The van der Waals surface area contributed by atoms with Crippen LogP contribution in [-0.4, -0.2) is 4.57 Å². The first kappa shape index (κ1) is 38.2. The Labute approximate surface area is 259 Å². The van der Waals surface area contributed by atoms with Crippen molar-refractivity contribution in [3.63, 3.8) is 0 Å². The van der Waals surface area contributed by atoms with Crippen LogP contribution >= 0.6 is 0 Å². The maximum atomic E-state index is 2.60. The molecule has 1 aromatic heterocycles. The summed E-state index contributed by atoms with van der Waals surface area (Å²) in [5, 5.41) is 0. The second-order valence-corrected chi connectivity index (χ2v) is 13.4. The molecule has 242 valence electrons. The maximum Gasteiger partial charge on any atom is 0.256 e. The fourth-order valence-corrected chi connectivity index (χ4v) is 6.56. The van der Waals surface area contributed by atoms with Gasteiger partial charge in [0.25, 0.3) is 5.82 Å². The molecule has 1 heterocycles. The molecule has 0 aliphatic carbocycles. The highest BCUT2D eigenvalue weighted by Gasteiger charge is 2.15. The van der Waals surface area contributed by atoms with E-state index in [0.29, 0.717) is 0 Å². The standard InChI is InChI=1S/C39H77N2/c1-4-7-9-11-13-15-17-19-20-21-23-25-27-29-31-33-36-41-38-37-40(35-6-3)39(41)34-32-30-28-26-24-22-18-16-14-12-10-8-5-2/h37-38H,4-36H2,1-3H3/q+1. The normalized spacial score (nSPS) is 11.6. The molecule has 0 bridgehead atoms. The van der Waals surface area contributed by atoms with Gasteiger partial charge in [0.2, 0.25) is 0 Å². The van der Waals surface area contributed by atoms with Crippen LogP contribution in [0.4, 0.5) is 0 Å². The minimum absolute atomic E-state index is 1.18. The summed E-state index contributed by atoms with van der Waals surface area (Å²) in [4.78, 5) is 0. The van der Waals surface area contributed by atoms with Gasteiger partial charge in [-0.05, 0) is 25.7 Å². The third kappa shape index (κ3) is 23.4. The average molecular weight is 574 g/mol. The summed E-state index contributed by atoms with van der Waals surface area (Å²) in [5.41, 5.74) is 0. The highest BCUT2D eigenvalue weighted by Crippen LogP contribution is 2.16. The van der Waals surface area contributed by atoms with Crippen LogP contribution in [0.5, 0.6) is 0 Å². The lowest BCUT2D eigenvalue weighted by Crippen LogP contribution is -2.37. The number of aryl methyl sites for hydroxylation is 2. The van der Waals surface area contributed by atoms with Crippen LogP contribution in [0.2, 0.25) is 0 Å². The van der Waals surface area contributed by atoms with Gasteiger partial charge in [0, 0.05) is 6.42 Å². The number of aromatic nitrogens is 2. The van der Waals surface area contributed by atoms with Gasteiger partial charge in [-0.2, -0.15) is 0 Å². The SMILES string of the molecule is CCCCCCCCCCCCCCCCCCn1cc[n+](CCC)c1CCCCCCCCCCCCCCC. The van der Waals surface area contributed by atoms with Gasteiger partial charge in [-0.1, -0.05) is 188 Å². The summed E-state index contributed by atoms with van der Waals surface area (Å²) in [6, 6.07) is 0. The molecule has 2 nitrogen and oxygen atoms in total. The van der Waals surface area contributed by atoms with Crippen LogP contribution in [0.15, 0.2) is 12.4 Å². The first-order chi connectivity index (χ1) is 20.3. The predicted molar refractivity (Wildman–Crippen MR) is 184 cm³/mol. The average Bonchev–Trinajstić information content (AvgIpc) is 3.36. The first-order valence-electron chi connectivity index (χ1n) is 19.4. The van der Waals surface area contributed by atoms with E-state index in [0.717, 1.165) is 0 Å². The van der Waals surface area contributed by atoms with Crippen LogP contribution in [-0.2, 0) is 19.5 Å². The molecule has 0 unspecified atom stereocenters. The first-order valence-corrected chi connectivity index (χ1v) is 19.4. The largest absolute Gasteiger partial charge is 0.256 e. The molecule has 0 fully saturated rings. The van der Waals surface area contributed by atoms with E-state index in [1.54, 1.807) is 5.82 Å². The monoisotopic (exact) mass is 574 g/mol. The Balaban J connectivity index is 2.02. The lowest BCUT2D eigenvalue weighted by molar-refractivity contribution is -0.703. The molecule has 0 atom stereocenters. The third-order valence-corrected chi connectivity index (χ3v) is 9.31. The second-order valence-electron chi connectivity index (χ2n) is 13.4. The number of imidazole rings is 1. The fraction of sp³-hybridized carbons (Fsp3) is 0.923. The molecule has 1 rings (SSSR count). The van der Waals surface area contributed by atoms with E-state index in [4.69, 9.17) is 0 Å². The summed E-state index contributed by atoms with van der Waals surface area (Å²) in [6.07, 6.45) is 49.1. The lowest BCUT2D eigenvalue weighted by atomic mass is 10.0. The van der Waals surface area contributed by atoms with E-state index in [-0.39, 0.29) is 0 Å². The van der Waals surface area contributed by atoms with Crippen LogP contribution in [0, 0.1) is 0 Å². The molecular formula is C39H77N2+. The molecule has 2 heteroatoms. The van der Waals surface area contributed by atoms with Crippen LogP contribution < -0.4 is 4.57 Å². The molecule has 41 heavy (non-hydrogen) atoms. The highest BCUT2D eigenvalue weighted by molar-refractivity contribution is 4.84. The third-order valence-electron chi connectivity index (χ3n) is 9.31. The fourth-order valence-electron chi connectivity index (χ4n) is 6.56. The molecule has 0 aromatic carbocycles. The molecular weight excluding hydrogens is 496 g/mol. The zero-order valence-corrected chi connectivity index (χ0v) is 28.9. The quantitative estimate of drug-likeness (QED) is 0.0584. The summed E-state index contributed by atoms with van der Waals surface area (Å²) >= 11 is 0. The molecule has 0 spiro atoms. The van der Waals surface area contributed by atoms with Crippen molar-refractivity contribution < 1.29 is 4.57 Å². The Hall–Kier alpha value is -0.790. The molecule has 0 aliphatic rings. The van der Waals surface area contributed by atoms with Crippen molar-refractivity contribution >= 4 is 0 Å². The maximum absolute atomic E-state index is 2.60. The van der Waals surface area contributed by atoms with E-state index < -0.39 is 0 Å². The molecule has 0 N–H and O–H groups in total. The number of rotatable bonds is 33. The van der Waals surface area contributed by atoms with Crippen molar-refractivity contribution in [3.8, 4) is 0 Å². The van der Waals surface area contributed by atoms with Gasteiger partial charge >= 0.3 is 0 Å². The van der Waals surface area contributed by atoms with Crippen molar-refractivity contribution in [1.82, 2.24) is 4.57 Å². The van der Waals surface area contributed by atoms with Crippen molar-refractivity contribution in [2.75, 3.05) is 0 Å². The van der Waals surface area contributed by atoms with Gasteiger partial charge in [0.1, 0.15) is 12.4 Å². The summed E-state index contributed by atoms with van der Waals surface area (Å²) in [6.45, 7) is 9.34. The van der Waals surface area contributed by atoms with Crippen LogP contribution in [0.25, 0.3) is 0 Å². The smallest absolute Gasteiger partial charge is 0.234 e. The summed E-state index contributed by atoms with van der Waals surface area (Å²) in [5.74, 6) is 1.59. The Kier molecular flexibility index (Phi) is 28.6. The molecule has 0 aliphatic heterocycles. The Morgan fingerprint density at radius 2 is 0.756 bits per heavy atom. The summed E-state index contributed by atoms with van der Waals surface area (Å²) in [7, 11) is 0. The van der Waals surface area contributed by atoms with Gasteiger partial charge in [-0.3, -0.25) is 0 Å². The molecule has 0 amide bonds. The minimum Gasteiger partial charge on any atom is -0.234 e. The molecule has 0 saturated carbocycles. The van der Waals surface area contributed by atoms with Gasteiger partial charge in [-0.15, -0.1) is 0 Å². The Morgan fingerprint density at radius 3 is 1.12 bits per heavy atom. The van der Waals surface area contributed by atoms with E-state index in [9.17, 15) is 0 Å². The van der Waals surface area contributed by atoms with E-state index in [1.807, 2.05) is 0 Å². The van der Waals surface area contributed by atoms with Crippen molar-refractivity contribution in [2.24, 2.45) is 0 Å². The van der Waals surface area contributed by atoms with Crippen LogP contribution in [0.1, 0.15) is 219 Å². The topological polar surface area (TPSA) is 8.81 Å². The zero-order valence-electron chi connectivity index (χ0n) is 28.9. The van der Waals surface area contributed by atoms with E-state index in [1.165, 1.54) is 212 Å². The second kappa shape index (κ2) is 30.7. The van der Waals surface area contributed by atoms with Gasteiger partial charge in [0.15, 0.2) is 0 Å². The highest BCUT2D eigenvalue weighted by atomic mass is 15.1. The number of hydrogen-bond donors (Lipinski definition) is 0. The molecule has 1 aromatic rings. The predicted octanol–water partition coefficient (Wildman–Crippen LogP) is 13.1. The van der Waals surface area contributed by atoms with Gasteiger partial charge in [0.05, 0.1) is 13.1 Å².